The second-order valence-electron chi connectivity index (χ2n) is 5.78. The first-order valence-electron chi connectivity index (χ1n) is 6.27. The molecule has 1 N–H and O–H groups in total. The lowest BCUT2D eigenvalue weighted by Crippen LogP contribution is -2.32. The molecule has 0 heterocycles. The lowest BCUT2D eigenvalue weighted by atomic mass is 10.1. The summed E-state index contributed by atoms with van der Waals surface area (Å²) in [5, 5.41) is 3.18. The smallest absolute Gasteiger partial charge is 0.156 e. The van der Waals surface area contributed by atoms with Crippen LogP contribution in [0.1, 0.15) is 31.9 Å². The first-order chi connectivity index (χ1) is 8.54. The Morgan fingerprint density at radius 2 is 1.63 bits per heavy atom. The number of anilines is 1. The van der Waals surface area contributed by atoms with E-state index in [0.29, 0.717) is 6.54 Å². The van der Waals surface area contributed by atoms with Gasteiger partial charge in [-0.2, -0.15) is 0 Å². The summed E-state index contributed by atoms with van der Waals surface area (Å²) in [5.74, 6) is 0.144. The molecule has 0 aliphatic rings. The van der Waals surface area contributed by atoms with Gasteiger partial charge in [-0.1, -0.05) is 15.9 Å². The highest BCUT2D eigenvalue weighted by molar-refractivity contribution is 9.10. The van der Waals surface area contributed by atoms with Gasteiger partial charge in [-0.25, -0.2) is 8.42 Å². The molecule has 0 bridgehead atoms. The van der Waals surface area contributed by atoms with Crippen LogP contribution in [0.15, 0.2) is 16.6 Å². The predicted octanol–water partition coefficient (Wildman–Crippen LogP) is 3.69. The minimum atomic E-state index is -3.07. The topological polar surface area (TPSA) is 46.2 Å². The van der Waals surface area contributed by atoms with Crippen molar-refractivity contribution < 1.29 is 8.42 Å². The van der Waals surface area contributed by atoms with Gasteiger partial charge < -0.3 is 5.32 Å². The third-order valence-corrected chi connectivity index (χ3v) is 6.93. The minimum Gasteiger partial charge on any atom is -0.384 e. The maximum Gasteiger partial charge on any atom is 0.156 e. The summed E-state index contributed by atoms with van der Waals surface area (Å²) >= 11 is 3.52. The molecule has 1 aromatic carbocycles. The second kappa shape index (κ2) is 5.83. The molecule has 0 aliphatic heterocycles. The van der Waals surface area contributed by atoms with E-state index in [-0.39, 0.29) is 5.75 Å². The average Bonchev–Trinajstić information content (AvgIpc) is 2.24. The lowest BCUT2D eigenvalue weighted by Gasteiger charge is -2.19. The fourth-order valence-electron chi connectivity index (χ4n) is 1.68. The van der Waals surface area contributed by atoms with Gasteiger partial charge in [-0.05, 0) is 57.9 Å². The fraction of sp³-hybridized carbons (Fsp3) is 0.571. The zero-order valence-electron chi connectivity index (χ0n) is 12.2. The second-order valence-corrected chi connectivity index (χ2v) is 9.44. The van der Waals surface area contributed by atoms with E-state index in [1.807, 2.05) is 26.0 Å². The Balaban J connectivity index is 2.70. The van der Waals surface area contributed by atoms with Crippen LogP contribution in [0.25, 0.3) is 0 Å². The van der Waals surface area contributed by atoms with Crippen LogP contribution in [-0.2, 0) is 9.84 Å². The summed E-state index contributed by atoms with van der Waals surface area (Å²) < 4.78 is 24.4. The Morgan fingerprint density at radius 1 is 1.16 bits per heavy atom. The van der Waals surface area contributed by atoms with Crippen molar-refractivity contribution in [2.75, 3.05) is 17.6 Å². The van der Waals surface area contributed by atoms with Gasteiger partial charge in [0.2, 0.25) is 0 Å². The SMILES string of the molecule is Cc1cc(NCCS(=O)(=O)C(C)(C)C)cc(C)c1Br. The van der Waals surface area contributed by atoms with Crippen molar-refractivity contribution in [2.24, 2.45) is 0 Å². The molecule has 0 fully saturated rings. The number of hydrogen-bond acceptors (Lipinski definition) is 3. The number of sulfone groups is 1. The van der Waals surface area contributed by atoms with E-state index < -0.39 is 14.6 Å². The number of benzene rings is 1. The summed E-state index contributed by atoms with van der Waals surface area (Å²) in [5.41, 5.74) is 3.24. The Bertz CT molecular complexity index is 536. The van der Waals surface area contributed by atoms with Crippen LogP contribution in [0.4, 0.5) is 5.69 Å². The number of halogens is 1. The van der Waals surface area contributed by atoms with Crippen molar-refractivity contribution in [1.82, 2.24) is 0 Å². The van der Waals surface area contributed by atoms with E-state index in [2.05, 4.69) is 21.2 Å². The monoisotopic (exact) mass is 347 g/mol. The van der Waals surface area contributed by atoms with Crippen molar-refractivity contribution in [2.45, 2.75) is 39.4 Å². The van der Waals surface area contributed by atoms with Gasteiger partial charge in [0, 0.05) is 16.7 Å². The van der Waals surface area contributed by atoms with E-state index in [1.165, 1.54) is 0 Å². The van der Waals surface area contributed by atoms with Gasteiger partial charge in [-0.15, -0.1) is 0 Å². The van der Waals surface area contributed by atoms with Crippen molar-refractivity contribution in [3.63, 3.8) is 0 Å². The summed E-state index contributed by atoms with van der Waals surface area (Å²) in [6, 6.07) is 4.03. The molecule has 3 nitrogen and oxygen atoms in total. The molecule has 0 radical (unpaired) electrons. The normalized spacial score (nSPS) is 12.5. The fourth-order valence-corrected chi connectivity index (χ4v) is 2.90. The van der Waals surface area contributed by atoms with E-state index in [1.54, 1.807) is 20.8 Å². The van der Waals surface area contributed by atoms with Crippen LogP contribution in [0.2, 0.25) is 0 Å². The molecular formula is C14H22BrNO2S. The molecule has 0 spiro atoms. The van der Waals surface area contributed by atoms with Crippen LogP contribution in [-0.4, -0.2) is 25.5 Å². The molecule has 0 saturated carbocycles. The summed E-state index contributed by atoms with van der Waals surface area (Å²) in [6.45, 7) is 9.67. The average molecular weight is 348 g/mol. The van der Waals surface area contributed by atoms with Crippen molar-refractivity contribution in [3.05, 3.63) is 27.7 Å². The number of aryl methyl sites for hydroxylation is 2. The van der Waals surface area contributed by atoms with E-state index >= 15 is 0 Å². The highest BCUT2D eigenvalue weighted by Gasteiger charge is 2.28. The molecule has 0 aromatic heterocycles. The highest BCUT2D eigenvalue weighted by atomic mass is 79.9. The molecular weight excluding hydrogens is 326 g/mol. The maximum atomic E-state index is 12.0. The third-order valence-electron chi connectivity index (χ3n) is 3.07. The van der Waals surface area contributed by atoms with Gasteiger partial charge >= 0.3 is 0 Å². The molecule has 0 aliphatic carbocycles. The zero-order valence-corrected chi connectivity index (χ0v) is 14.6. The van der Waals surface area contributed by atoms with Gasteiger partial charge in [0.1, 0.15) is 0 Å². The van der Waals surface area contributed by atoms with Crippen LogP contribution in [0.3, 0.4) is 0 Å². The van der Waals surface area contributed by atoms with Gasteiger partial charge in [0.15, 0.2) is 9.84 Å². The number of hydrogen-bond donors (Lipinski definition) is 1. The van der Waals surface area contributed by atoms with Crippen molar-refractivity contribution >= 4 is 31.5 Å². The summed E-state index contributed by atoms with van der Waals surface area (Å²) in [7, 11) is -3.07. The molecule has 1 rings (SSSR count). The van der Waals surface area contributed by atoms with Gasteiger partial charge in [0.25, 0.3) is 0 Å². The predicted molar refractivity (Wildman–Crippen MR) is 85.6 cm³/mol. The minimum absolute atomic E-state index is 0.144. The van der Waals surface area contributed by atoms with Crippen LogP contribution in [0.5, 0.6) is 0 Å². The Morgan fingerprint density at radius 3 is 2.05 bits per heavy atom. The Labute approximate surface area is 124 Å². The number of rotatable bonds is 4. The molecule has 5 heteroatoms. The standard InChI is InChI=1S/C14H22BrNO2S/c1-10-8-12(9-11(2)13(10)15)16-6-7-19(17,18)14(3,4)5/h8-9,16H,6-7H2,1-5H3. The summed E-state index contributed by atoms with van der Waals surface area (Å²) in [4.78, 5) is 0. The van der Waals surface area contributed by atoms with Crippen molar-refractivity contribution in [3.8, 4) is 0 Å². The van der Waals surface area contributed by atoms with E-state index in [0.717, 1.165) is 21.3 Å². The third kappa shape index (κ3) is 4.21. The lowest BCUT2D eigenvalue weighted by molar-refractivity contribution is 0.560. The highest BCUT2D eigenvalue weighted by Crippen LogP contribution is 2.25. The molecule has 0 unspecified atom stereocenters. The first-order valence-corrected chi connectivity index (χ1v) is 8.72. The summed E-state index contributed by atoms with van der Waals surface area (Å²) in [6.07, 6.45) is 0. The first kappa shape index (κ1) is 16.5. The molecule has 19 heavy (non-hydrogen) atoms. The molecule has 0 amide bonds. The van der Waals surface area contributed by atoms with Crippen LogP contribution in [0, 0.1) is 13.8 Å². The van der Waals surface area contributed by atoms with Crippen LogP contribution < -0.4 is 5.32 Å². The van der Waals surface area contributed by atoms with Crippen LogP contribution >= 0.6 is 15.9 Å². The zero-order chi connectivity index (χ0) is 14.8. The molecule has 0 saturated heterocycles. The van der Waals surface area contributed by atoms with E-state index in [9.17, 15) is 8.42 Å². The molecule has 0 atom stereocenters. The van der Waals surface area contributed by atoms with E-state index in [4.69, 9.17) is 0 Å². The quantitative estimate of drug-likeness (QED) is 0.903. The van der Waals surface area contributed by atoms with Crippen molar-refractivity contribution in [1.29, 1.82) is 0 Å². The molecule has 1 aromatic rings. The Kier molecular flexibility index (Phi) is 5.07. The molecule has 108 valence electrons. The maximum absolute atomic E-state index is 12.0. The van der Waals surface area contributed by atoms with Gasteiger partial charge in [0.05, 0.1) is 10.5 Å². The van der Waals surface area contributed by atoms with Gasteiger partial charge in [-0.3, -0.25) is 0 Å². The number of nitrogens with one attached hydrogen (secondary N) is 1. The largest absolute Gasteiger partial charge is 0.384 e. The Hall–Kier alpha value is -0.550.